The molecule has 1 saturated carbocycles. The second-order valence-electron chi connectivity index (χ2n) is 4.19. The minimum Gasteiger partial charge on any atom is -0.360 e. The van der Waals surface area contributed by atoms with Crippen molar-refractivity contribution in [2.75, 3.05) is 18.8 Å². The van der Waals surface area contributed by atoms with Gasteiger partial charge in [0.1, 0.15) is 5.84 Å². The minimum atomic E-state index is 0.815. The number of hydrogen-bond acceptors (Lipinski definition) is 2. The fraction of sp³-hybridized carbons (Fsp3) is 0.917. The summed E-state index contributed by atoms with van der Waals surface area (Å²) in [6.45, 7) is 6.20. The third-order valence-electron chi connectivity index (χ3n) is 3.15. The number of nitrogens with zero attached hydrogens (tertiary/aromatic N) is 1. The molecule has 0 atom stereocenters. The smallest absolute Gasteiger partial charge is 0.106 e. The lowest BCUT2D eigenvalue weighted by Crippen LogP contribution is -2.32. The maximum atomic E-state index is 7.97. The van der Waals surface area contributed by atoms with Crippen LogP contribution in [0.15, 0.2) is 0 Å². The van der Waals surface area contributed by atoms with Crippen LogP contribution in [0.4, 0.5) is 0 Å². The number of hydrogen-bond donors (Lipinski definition) is 1. The largest absolute Gasteiger partial charge is 0.360 e. The quantitative estimate of drug-likeness (QED) is 0.577. The van der Waals surface area contributed by atoms with Crippen LogP contribution >= 0.6 is 11.8 Å². The SMILES string of the molecule is CCN(CC)C(=N)CSC1CCCCC1. The molecule has 88 valence electrons. The molecule has 0 aromatic rings. The van der Waals surface area contributed by atoms with Crippen molar-refractivity contribution in [3.63, 3.8) is 0 Å². The highest BCUT2D eigenvalue weighted by Crippen LogP contribution is 2.28. The molecule has 0 saturated heterocycles. The summed E-state index contributed by atoms with van der Waals surface area (Å²) in [5.41, 5.74) is 0. The topological polar surface area (TPSA) is 27.1 Å². The predicted octanol–water partition coefficient (Wildman–Crippen LogP) is 3.37. The summed E-state index contributed by atoms with van der Waals surface area (Å²) in [6.07, 6.45) is 6.96. The molecule has 3 heteroatoms. The van der Waals surface area contributed by atoms with Crippen LogP contribution in [0.5, 0.6) is 0 Å². The molecule has 0 spiro atoms. The minimum absolute atomic E-state index is 0.815. The normalized spacial score (nSPS) is 17.7. The highest BCUT2D eigenvalue weighted by molar-refractivity contribution is 8.00. The predicted molar refractivity (Wildman–Crippen MR) is 70.0 cm³/mol. The van der Waals surface area contributed by atoms with Crippen LogP contribution in [0.1, 0.15) is 46.0 Å². The third kappa shape index (κ3) is 4.45. The van der Waals surface area contributed by atoms with E-state index in [1.807, 2.05) is 11.8 Å². The maximum Gasteiger partial charge on any atom is 0.106 e. The average molecular weight is 228 g/mol. The van der Waals surface area contributed by atoms with E-state index >= 15 is 0 Å². The molecule has 1 rings (SSSR count). The molecule has 0 bridgehead atoms. The van der Waals surface area contributed by atoms with Crippen LogP contribution in [-0.4, -0.2) is 34.8 Å². The molecule has 0 aromatic heterocycles. The van der Waals surface area contributed by atoms with Crippen molar-refractivity contribution in [2.24, 2.45) is 0 Å². The summed E-state index contributed by atoms with van der Waals surface area (Å²) in [4.78, 5) is 2.15. The van der Waals surface area contributed by atoms with Gasteiger partial charge in [0.2, 0.25) is 0 Å². The van der Waals surface area contributed by atoms with Crippen molar-refractivity contribution >= 4 is 17.6 Å². The van der Waals surface area contributed by atoms with Crippen LogP contribution in [-0.2, 0) is 0 Å². The van der Waals surface area contributed by atoms with Gasteiger partial charge in [-0.3, -0.25) is 5.41 Å². The summed E-state index contributed by atoms with van der Waals surface area (Å²) in [6, 6.07) is 0. The second kappa shape index (κ2) is 7.15. The summed E-state index contributed by atoms with van der Waals surface area (Å²) < 4.78 is 0. The van der Waals surface area contributed by atoms with Gasteiger partial charge in [-0.2, -0.15) is 11.8 Å². The van der Waals surface area contributed by atoms with Gasteiger partial charge in [0.25, 0.3) is 0 Å². The Morgan fingerprint density at radius 2 is 1.80 bits per heavy atom. The van der Waals surface area contributed by atoms with E-state index < -0.39 is 0 Å². The summed E-state index contributed by atoms with van der Waals surface area (Å²) in [7, 11) is 0. The first-order valence-electron chi connectivity index (χ1n) is 6.21. The summed E-state index contributed by atoms with van der Waals surface area (Å²) in [5.74, 6) is 1.72. The van der Waals surface area contributed by atoms with Crippen molar-refractivity contribution in [1.29, 1.82) is 5.41 Å². The second-order valence-corrected chi connectivity index (χ2v) is 5.48. The summed E-state index contributed by atoms with van der Waals surface area (Å²) in [5, 5.41) is 8.80. The monoisotopic (exact) mass is 228 g/mol. The van der Waals surface area contributed by atoms with Crippen LogP contribution in [0.2, 0.25) is 0 Å². The first-order valence-corrected chi connectivity index (χ1v) is 7.26. The van der Waals surface area contributed by atoms with Crippen molar-refractivity contribution in [3.05, 3.63) is 0 Å². The molecule has 0 amide bonds. The zero-order valence-corrected chi connectivity index (χ0v) is 10.9. The van der Waals surface area contributed by atoms with E-state index in [9.17, 15) is 0 Å². The molecule has 0 aliphatic heterocycles. The van der Waals surface area contributed by atoms with Crippen molar-refractivity contribution in [2.45, 2.75) is 51.2 Å². The molecule has 1 fully saturated rings. The van der Waals surface area contributed by atoms with Gasteiger partial charge in [0.15, 0.2) is 0 Å². The van der Waals surface area contributed by atoms with Gasteiger partial charge in [0, 0.05) is 18.3 Å². The van der Waals surface area contributed by atoms with Gasteiger partial charge >= 0.3 is 0 Å². The first kappa shape index (κ1) is 12.9. The van der Waals surface area contributed by atoms with Crippen molar-refractivity contribution in [1.82, 2.24) is 4.90 Å². The van der Waals surface area contributed by atoms with Gasteiger partial charge in [-0.15, -0.1) is 0 Å². The van der Waals surface area contributed by atoms with E-state index in [2.05, 4.69) is 18.7 Å². The highest BCUT2D eigenvalue weighted by Gasteiger charge is 2.15. The maximum absolute atomic E-state index is 7.97. The molecule has 1 N–H and O–H groups in total. The van der Waals surface area contributed by atoms with Crippen LogP contribution in [0.3, 0.4) is 0 Å². The molecule has 0 aromatic carbocycles. The fourth-order valence-corrected chi connectivity index (χ4v) is 3.37. The standard InChI is InChI=1S/C12H24N2S/c1-3-14(4-2)12(13)10-15-11-8-6-5-7-9-11/h11,13H,3-10H2,1-2H3. The van der Waals surface area contributed by atoms with Gasteiger partial charge in [-0.05, 0) is 26.7 Å². The van der Waals surface area contributed by atoms with Gasteiger partial charge in [-0.25, -0.2) is 0 Å². The average Bonchev–Trinajstić information content (AvgIpc) is 2.29. The Hall–Kier alpha value is -0.180. The molecule has 0 unspecified atom stereocenters. The number of thioether (sulfide) groups is 1. The van der Waals surface area contributed by atoms with Gasteiger partial charge < -0.3 is 4.90 Å². The molecular formula is C12H24N2S. The zero-order chi connectivity index (χ0) is 11.1. The number of amidine groups is 1. The van der Waals surface area contributed by atoms with E-state index in [0.717, 1.165) is 29.9 Å². The van der Waals surface area contributed by atoms with E-state index in [1.54, 1.807) is 0 Å². The Morgan fingerprint density at radius 3 is 2.33 bits per heavy atom. The number of nitrogens with one attached hydrogen (secondary N) is 1. The lowest BCUT2D eigenvalue weighted by Gasteiger charge is -2.25. The van der Waals surface area contributed by atoms with Crippen LogP contribution in [0.25, 0.3) is 0 Å². The van der Waals surface area contributed by atoms with E-state index in [1.165, 1.54) is 32.1 Å². The Labute approximate surface area is 98.3 Å². The molecule has 1 aliphatic carbocycles. The highest BCUT2D eigenvalue weighted by atomic mass is 32.2. The van der Waals surface area contributed by atoms with Crippen LogP contribution in [0, 0.1) is 5.41 Å². The Morgan fingerprint density at radius 1 is 1.20 bits per heavy atom. The molecular weight excluding hydrogens is 204 g/mol. The van der Waals surface area contributed by atoms with Crippen molar-refractivity contribution in [3.8, 4) is 0 Å². The Kier molecular flexibility index (Phi) is 6.15. The van der Waals surface area contributed by atoms with E-state index in [4.69, 9.17) is 5.41 Å². The number of rotatable bonds is 5. The lowest BCUT2D eigenvalue weighted by molar-refractivity contribution is 0.460. The first-order chi connectivity index (χ1) is 7.27. The molecule has 0 heterocycles. The molecule has 1 aliphatic rings. The van der Waals surface area contributed by atoms with Gasteiger partial charge in [0.05, 0.1) is 5.75 Å². The molecule has 0 radical (unpaired) electrons. The zero-order valence-electron chi connectivity index (χ0n) is 10.1. The van der Waals surface area contributed by atoms with Crippen LogP contribution < -0.4 is 0 Å². The Balaban J connectivity index is 2.20. The van der Waals surface area contributed by atoms with Gasteiger partial charge in [-0.1, -0.05) is 19.3 Å². The van der Waals surface area contributed by atoms with Crippen molar-refractivity contribution < 1.29 is 0 Å². The van der Waals surface area contributed by atoms with E-state index in [0.29, 0.717) is 0 Å². The summed E-state index contributed by atoms with van der Waals surface area (Å²) >= 11 is 2.00. The Bertz CT molecular complexity index is 184. The van der Waals surface area contributed by atoms with E-state index in [-0.39, 0.29) is 0 Å². The fourth-order valence-electron chi connectivity index (χ4n) is 2.13. The molecule has 15 heavy (non-hydrogen) atoms. The lowest BCUT2D eigenvalue weighted by atomic mass is 10.0. The molecule has 2 nitrogen and oxygen atoms in total. The third-order valence-corrected chi connectivity index (χ3v) is 4.54.